The van der Waals surface area contributed by atoms with Crippen LogP contribution in [0.25, 0.3) is 11.0 Å². The maximum absolute atomic E-state index is 12.2. The molecule has 2 aromatic heterocycles. The van der Waals surface area contributed by atoms with Crippen LogP contribution < -0.4 is 16.2 Å². The summed E-state index contributed by atoms with van der Waals surface area (Å²) in [5, 5.41) is 6.77. The van der Waals surface area contributed by atoms with Crippen molar-refractivity contribution in [1.29, 1.82) is 0 Å². The molecule has 0 aliphatic carbocycles. The van der Waals surface area contributed by atoms with Gasteiger partial charge in [0.1, 0.15) is 5.65 Å². The molecule has 2 heterocycles. The minimum Gasteiger partial charge on any atom is -0.326 e. The number of aryl methyl sites for hydroxylation is 1. The fourth-order valence-electron chi connectivity index (χ4n) is 2.68. The van der Waals surface area contributed by atoms with Gasteiger partial charge in [-0.25, -0.2) is 4.98 Å². The molecule has 7 nitrogen and oxygen atoms in total. The van der Waals surface area contributed by atoms with Gasteiger partial charge in [0.15, 0.2) is 0 Å². The molecule has 0 aliphatic rings. The van der Waals surface area contributed by atoms with E-state index in [-0.39, 0.29) is 11.5 Å². The second-order valence-corrected chi connectivity index (χ2v) is 6.25. The number of hydrogen-bond donors (Lipinski definition) is 2. The third-order valence-corrected chi connectivity index (χ3v) is 4.20. The highest BCUT2D eigenvalue weighted by Gasteiger charge is 2.07. The van der Waals surface area contributed by atoms with Crippen molar-refractivity contribution in [3.05, 3.63) is 52.9 Å². The number of nitrogens with one attached hydrogen (secondary N) is 2. The summed E-state index contributed by atoms with van der Waals surface area (Å²) < 4.78 is 1.69. The molecule has 140 valence electrons. The zero-order valence-corrected chi connectivity index (χ0v) is 15.5. The number of anilines is 3. The van der Waals surface area contributed by atoms with Crippen molar-refractivity contribution in [1.82, 2.24) is 14.5 Å². The molecule has 2 N–H and O–H groups in total. The zero-order valence-electron chi connectivity index (χ0n) is 15.5. The van der Waals surface area contributed by atoms with Gasteiger partial charge < -0.3 is 10.6 Å². The standard InChI is InChI=1S/C20H23N5O2/c1-3-5-12-25-18(27)11-6-14-13-21-20(24-19(14)25)23-16-9-7-15(8-10-16)22-17(26)4-2/h6-11,13H,3-5,12H2,1-2H3,(H,22,26)(H,21,23,24). The third kappa shape index (κ3) is 4.49. The minimum atomic E-state index is -0.0587. The second kappa shape index (κ2) is 8.44. The smallest absolute Gasteiger partial charge is 0.252 e. The Labute approximate surface area is 157 Å². The van der Waals surface area contributed by atoms with Crippen LogP contribution in [0, 0.1) is 0 Å². The van der Waals surface area contributed by atoms with Crippen LogP contribution in [0.3, 0.4) is 0 Å². The molecule has 0 saturated carbocycles. The van der Waals surface area contributed by atoms with E-state index in [9.17, 15) is 9.59 Å². The SMILES string of the molecule is CCCCn1c(=O)ccc2cnc(Nc3ccc(NC(=O)CC)cc3)nc21. The molecule has 3 rings (SSSR count). The van der Waals surface area contributed by atoms with Crippen LogP contribution in [0.2, 0.25) is 0 Å². The molecule has 27 heavy (non-hydrogen) atoms. The number of fused-ring (bicyclic) bond motifs is 1. The van der Waals surface area contributed by atoms with Crippen LogP contribution >= 0.6 is 0 Å². The molecule has 0 atom stereocenters. The van der Waals surface area contributed by atoms with Gasteiger partial charge in [-0.1, -0.05) is 20.3 Å². The molecule has 0 bridgehead atoms. The quantitative estimate of drug-likeness (QED) is 0.667. The van der Waals surface area contributed by atoms with E-state index in [0.717, 1.165) is 29.6 Å². The lowest BCUT2D eigenvalue weighted by atomic mass is 10.2. The number of benzene rings is 1. The Morgan fingerprint density at radius 2 is 1.81 bits per heavy atom. The highest BCUT2D eigenvalue weighted by molar-refractivity contribution is 5.90. The molecular weight excluding hydrogens is 342 g/mol. The third-order valence-electron chi connectivity index (χ3n) is 4.20. The van der Waals surface area contributed by atoms with Crippen LogP contribution in [0.4, 0.5) is 17.3 Å². The lowest BCUT2D eigenvalue weighted by molar-refractivity contribution is -0.115. The van der Waals surface area contributed by atoms with Gasteiger partial charge in [-0.3, -0.25) is 14.2 Å². The van der Waals surface area contributed by atoms with Gasteiger partial charge in [-0.05, 0) is 36.8 Å². The normalized spacial score (nSPS) is 10.7. The highest BCUT2D eigenvalue weighted by atomic mass is 16.1. The Morgan fingerprint density at radius 3 is 2.52 bits per heavy atom. The predicted octanol–water partition coefficient (Wildman–Crippen LogP) is 3.68. The number of rotatable bonds is 7. The van der Waals surface area contributed by atoms with Crippen LogP contribution in [0.1, 0.15) is 33.1 Å². The number of carbonyl (C=O) groups excluding carboxylic acids is 1. The van der Waals surface area contributed by atoms with E-state index in [1.807, 2.05) is 31.2 Å². The van der Waals surface area contributed by atoms with Crippen LogP contribution in [-0.4, -0.2) is 20.4 Å². The highest BCUT2D eigenvalue weighted by Crippen LogP contribution is 2.18. The van der Waals surface area contributed by atoms with Crippen LogP contribution in [0.5, 0.6) is 0 Å². The van der Waals surface area contributed by atoms with E-state index < -0.39 is 0 Å². The Morgan fingerprint density at radius 1 is 1.07 bits per heavy atom. The van der Waals surface area contributed by atoms with E-state index in [1.165, 1.54) is 0 Å². The zero-order chi connectivity index (χ0) is 19.2. The van der Waals surface area contributed by atoms with Crippen molar-refractivity contribution in [3.8, 4) is 0 Å². The lowest BCUT2D eigenvalue weighted by Crippen LogP contribution is -2.20. The summed E-state index contributed by atoms with van der Waals surface area (Å²) in [4.78, 5) is 32.5. The predicted molar refractivity (Wildman–Crippen MR) is 107 cm³/mol. The molecule has 3 aromatic rings. The first-order chi connectivity index (χ1) is 13.1. The number of pyridine rings is 1. The van der Waals surface area contributed by atoms with E-state index in [0.29, 0.717) is 24.6 Å². The largest absolute Gasteiger partial charge is 0.326 e. The molecule has 0 saturated heterocycles. The van der Waals surface area contributed by atoms with Gasteiger partial charge in [0.2, 0.25) is 11.9 Å². The maximum Gasteiger partial charge on any atom is 0.252 e. The summed E-state index contributed by atoms with van der Waals surface area (Å²) in [5.74, 6) is 0.391. The molecule has 0 aliphatic heterocycles. The fraction of sp³-hybridized carbons (Fsp3) is 0.300. The van der Waals surface area contributed by atoms with Crippen molar-refractivity contribution in [2.75, 3.05) is 10.6 Å². The Hall–Kier alpha value is -3.22. The monoisotopic (exact) mass is 365 g/mol. The van der Waals surface area contributed by atoms with Crippen molar-refractivity contribution < 1.29 is 4.79 Å². The molecule has 0 spiro atoms. The van der Waals surface area contributed by atoms with E-state index >= 15 is 0 Å². The number of amides is 1. The molecule has 7 heteroatoms. The molecule has 0 unspecified atom stereocenters. The number of hydrogen-bond acceptors (Lipinski definition) is 5. The summed E-state index contributed by atoms with van der Waals surface area (Å²) in [5.41, 5.74) is 2.10. The van der Waals surface area contributed by atoms with Gasteiger partial charge in [0.25, 0.3) is 5.56 Å². The first-order valence-electron chi connectivity index (χ1n) is 9.14. The van der Waals surface area contributed by atoms with Crippen molar-refractivity contribution in [2.24, 2.45) is 0 Å². The van der Waals surface area contributed by atoms with Gasteiger partial charge in [0, 0.05) is 42.0 Å². The van der Waals surface area contributed by atoms with E-state index in [4.69, 9.17) is 0 Å². The molecule has 0 radical (unpaired) electrons. The minimum absolute atomic E-state index is 0.0291. The van der Waals surface area contributed by atoms with Gasteiger partial charge >= 0.3 is 0 Å². The average molecular weight is 365 g/mol. The van der Waals surface area contributed by atoms with Gasteiger partial charge in [0.05, 0.1) is 0 Å². The molecule has 0 fully saturated rings. The summed E-state index contributed by atoms with van der Waals surface area (Å²) in [6.45, 7) is 4.53. The summed E-state index contributed by atoms with van der Waals surface area (Å²) >= 11 is 0. The van der Waals surface area contributed by atoms with E-state index in [2.05, 4.69) is 27.5 Å². The Bertz CT molecular complexity index is 995. The lowest BCUT2D eigenvalue weighted by Gasteiger charge is -2.11. The number of aromatic nitrogens is 3. The van der Waals surface area contributed by atoms with E-state index in [1.54, 1.807) is 22.9 Å². The topological polar surface area (TPSA) is 88.9 Å². The fourth-order valence-corrected chi connectivity index (χ4v) is 2.68. The average Bonchev–Trinajstić information content (AvgIpc) is 2.68. The number of unbranched alkanes of at least 4 members (excludes halogenated alkanes) is 1. The summed E-state index contributed by atoms with van der Waals surface area (Å²) in [6.07, 6.45) is 4.06. The maximum atomic E-state index is 12.2. The van der Waals surface area contributed by atoms with Crippen molar-refractivity contribution >= 4 is 34.3 Å². The first-order valence-corrected chi connectivity index (χ1v) is 9.14. The van der Waals surface area contributed by atoms with Gasteiger partial charge in [-0.2, -0.15) is 4.98 Å². The summed E-state index contributed by atoms with van der Waals surface area (Å²) in [6, 6.07) is 10.6. The van der Waals surface area contributed by atoms with Gasteiger partial charge in [-0.15, -0.1) is 0 Å². The Balaban J connectivity index is 1.84. The van der Waals surface area contributed by atoms with Crippen molar-refractivity contribution in [3.63, 3.8) is 0 Å². The molecule has 1 aromatic carbocycles. The number of nitrogens with zero attached hydrogens (tertiary/aromatic N) is 3. The molecule has 1 amide bonds. The van der Waals surface area contributed by atoms with Crippen molar-refractivity contribution in [2.45, 2.75) is 39.7 Å². The Kier molecular flexibility index (Phi) is 5.80. The van der Waals surface area contributed by atoms with Crippen LogP contribution in [-0.2, 0) is 11.3 Å². The number of carbonyl (C=O) groups is 1. The van der Waals surface area contributed by atoms with Crippen LogP contribution in [0.15, 0.2) is 47.4 Å². The molecular formula is C20H23N5O2. The second-order valence-electron chi connectivity index (χ2n) is 6.25. The first kappa shape index (κ1) is 18.6. The summed E-state index contributed by atoms with van der Waals surface area (Å²) in [7, 11) is 0.